The molecule has 0 aliphatic carbocycles. The van der Waals surface area contributed by atoms with Crippen molar-refractivity contribution in [2.75, 3.05) is 17.3 Å². The summed E-state index contributed by atoms with van der Waals surface area (Å²) in [5.74, 6) is 0.705. The predicted molar refractivity (Wildman–Crippen MR) is 129 cm³/mol. The third-order valence-corrected chi connectivity index (χ3v) is 6.11. The molecule has 4 nitrogen and oxygen atoms in total. The molecule has 0 saturated heterocycles. The largest absolute Gasteiger partial charge is 0.496 e. The number of anilines is 2. The van der Waals surface area contributed by atoms with Crippen LogP contribution in [0.2, 0.25) is 0 Å². The molecule has 0 radical (unpaired) electrons. The highest BCUT2D eigenvalue weighted by atomic mass is 127. The Hall–Kier alpha value is -3.06. The molecule has 148 valence electrons. The molecule has 5 rings (SSSR count). The molecule has 1 atom stereocenters. The summed E-state index contributed by atoms with van der Waals surface area (Å²) in [4.78, 5) is 15.7. The lowest BCUT2D eigenvalue weighted by Gasteiger charge is -2.39. The molecule has 1 heterocycles. The fraction of sp³-hybridized carbons (Fsp3) is 0.0800. The number of methoxy groups -OCH3 is 1. The number of ether oxygens (including phenoxy) is 1. The Morgan fingerprint density at radius 3 is 2.57 bits per heavy atom. The summed E-state index contributed by atoms with van der Waals surface area (Å²) in [5, 5.41) is 5.70. The number of fused-ring (bicyclic) bond motifs is 2. The van der Waals surface area contributed by atoms with E-state index in [-0.39, 0.29) is 5.91 Å². The highest BCUT2D eigenvalue weighted by Gasteiger charge is 2.36. The SMILES string of the molecule is COc1ccccc1C1Nc2ccc(I)cc2C(=O)N1c1cccc2ccccc12. The average molecular weight is 506 g/mol. The van der Waals surface area contributed by atoms with Crippen LogP contribution in [0.5, 0.6) is 5.75 Å². The molecule has 4 aromatic rings. The molecule has 0 aromatic heterocycles. The van der Waals surface area contributed by atoms with Crippen LogP contribution in [0.3, 0.4) is 0 Å². The first kappa shape index (κ1) is 18.9. The number of carbonyl (C=O) groups is 1. The highest BCUT2D eigenvalue weighted by Crippen LogP contribution is 2.42. The van der Waals surface area contributed by atoms with Crippen molar-refractivity contribution in [1.82, 2.24) is 0 Å². The van der Waals surface area contributed by atoms with Crippen molar-refractivity contribution in [1.29, 1.82) is 0 Å². The second kappa shape index (κ2) is 7.65. The molecule has 0 spiro atoms. The normalized spacial score (nSPS) is 15.6. The number of para-hydroxylation sites is 1. The van der Waals surface area contributed by atoms with Gasteiger partial charge in [-0.2, -0.15) is 0 Å². The quantitative estimate of drug-likeness (QED) is 0.336. The molecule has 0 saturated carbocycles. The van der Waals surface area contributed by atoms with Gasteiger partial charge in [0.2, 0.25) is 0 Å². The van der Waals surface area contributed by atoms with Crippen molar-refractivity contribution in [2.45, 2.75) is 6.17 Å². The highest BCUT2D eigenvalue weighted by molar-refractivity contribution is 14.1. The zero-order chi connectivity index (χ0) is 20.7. The monoisotopic (exact) mass is 506 g/mol. The molecular weight excluding hydrogens is 487 g/mol. The van der Waals surface area contributed by atoms with Gasteiger partial charge in [-0.25, -0.2) is 0 Å². The fourth-order valence-corrected chi connectivity index (χ4v) is 4.55. The average Bonchev–Trinajstić information content (AvgIpc) is 2.79. The van der Waals surface area contributed by atoms with Gasteiger partial charge in [-0.1, -0.05) is 54.6 Å². The van der Waals surface area contributed by atoms with Crippen LogP contribution >= 0.6 is 22.6 Å². The standard InChI is InChI=1S/C25H19IN2O2/c1-30-23-12-5-4-10-19(23)24-27-21-14-13-17(26)15-20(21)25(29)28(24)22-11-6-8-16-7-2-3-9-18(16)22/h2-15,24,27H,1H3. The van der Waals surface area contributed by atoms with E-state index in [1.165, 1.54) is 0 Å². The Morgan fingerprint density at radius 1 is 0.933 bits per heavy atom. The van der Waals surface area contributed by atoms with E-state index in [1.807, 2.05) is 71.6 Å². The van der Waals surface area contributed by atoms with Crippen LogP contribution < -0.4 is 15.0 Å². The fourth-order valence-electron chi connectivity index (χ4n) is 4.05. The zero-order valence-electron chi connectivity index (χ0n) is 16.3. The van der Waals surface area contributed by atoms with E-state index in [2.05, 4.69) is 46.1 Å². The van der Waals surface area contributed by atoms with Gasteiger partial charge in [-0.15, -0.1) is 0 Å². The number of carbonyl (C=O) groups excluding carboxylic acids is 1. The van der Waals surface area contributed by atoms with Gasteiger partial charge in [0.05, 0.1) is 18.4 Å². The maximum atomic E-state index is 13.8. The first-order valence-electron chi connectivity index (χ1n) is 9.67. The van der Waals surface area contributed by atoms with Crippen molar-refractivity contribution < 1.29 is 9.53 Å². The van der Waals surface area contributed by atoms with Crippen LogP contribution in [0.25, 0.3) is 10.8 Å². The van der Waals surface area contributed by atoms with E-state index in [0.717, 1.165) is 37.0 Å². The lowest BCUT2D eigenvalue weighted by atomic mass is 10.00. The summed E-state index contributed by atoms with van der Waals surface area (Å²) in [6, 6.07) is 27.9. The lowest BCUT2D eigenvalue weighted by Crippen LogP contribution is -2.43. The number of hydrogen-bond donors (Lipinski definition) is 1. The second-order valence-corrected chi connectivity index (χ2v) is 8.40. The zero-order valence-corrected chi connectivity index (χ0v) is 18.5. The molecule has 1 aliphatic rings. The van der Waals surface area contributed by atoms with Crippen LogP contribution in [-0.4, -0.2) is 13.0 Å². The molecule has 1 aliphatic heterocycles. The maximum absolute atomic E-state index is 13.8. The third kappa shape index (κ3) is 3.10. The number of nitrogens with zero attached hydrogens (tertiary/aromatic N) is 1. The van der Waals surface area contributed by atoms with Gasteiger partial charge in [0.1, 0.15) is 11.9 Å². The third-order valence-electron chi connectivity index (χ3n) is 5.44. The van der Waals surface area contributed by atoms with Gasteiger partial charge >= 0.3 is 0 Å². The molecular formula is C25H19IN2O2. The van der Waals surface area contributed by atoms with Gasteiger partial charge in [0.15, 0.2) is 0 Å². The summed E-state index contributed by atoms with van der Waals surface area (Å²) < 4.78 is 6.66. The first-order chi connectivity index (χ1) is 14.7. The number of rotatable bonds is 3. The molecule has 0 bridgehead atoms. The number of halogens is 1. The summed E-state index contributed by atoms with van der Waals surface area (Å²) in [5.41, 5.74) is 3.27. The van der Waals surface area contributed by atoms with Crippen LogP contribution in [-0.2, 0) is 0 Å². The first-order valence-corrected chi connectivity index (χ1v) is 10.8. The molecule has 5 heteroatoms. The Morgan fingerprint density at radius 2 is 1.70 bits per heavy atom. The van der Waals surface area contributed by atoms with Crippen LogP contribution in [0.4, 0.5) is 11.4 Å². The number of benzene rings is 4. The summed E-state index contributed by atoms with van der Waals surface area (Å²) in [7, 11) is 1.65. The Labute approximate surface area is 188 Å². The molecule has 1 N–H and O–H groups in total. The molecule has 0 fully saturated rings. The van der Waals surface area contributed by atoms with E-state index in [4.69, 9.17) is 4.74 Å². The van der Waals surface area contributed by atoms with Gasteiger partial charge in [0.25, 0.3) is 5.91 Å². The summed E-state index contributed by atoms with van der Waals surface area (Å²) in [6.07, 6.45) is -0.396. The van der Waals surface area contributed by atoms with Gasteiger partial charge < -0.3 is 10.1 Å². The van der Waals surface area contributed by atoms with Crippen LogP contribution in [0, 0.1) is 3.57 Å². The van der Waals surface area contributed by atoms with Gasteiger partial charge in [-0.05, 0) is 58.3 Å². The lowest BCUT2D eigenvalue weighted by molar-refractivity contribution is 0.0975. The van der Waals surface area contributed by atoms with E-state index < -0.39 is 6.17 Å². The van der Waals surface area contributed by atoms with Crippen molar-refractivity contribution in [2.24, 2.45) is 0 Å². The Kier molecular flexibility index (Phi) is 4.83. The topological polar surface area (TPSA) is 41.6 Å². The molecule has 1 unspecified atom stereocenters. The Balaban J connectivity index is 1.77. The van der Waals surface area contributed by atoms with Crippen molar-refractivity contribution in [3.63, 3.8) is 0 Å². The summed E-state index contributed by atoms with van der Waals surface area (Å²) in [6.45, 7) is 0. The summed E-state index contributed by atoms with van der Waals surface area (Å²) >= 11 is 2.24. The number of amides is 1. The maximum Gasteiger partial charge on any atom is 0.262 e. The van der Waals surface area contributed by atoms with E-state index >= 15 is 0 Å². The molecule has 30 heavy (non-hydrogen) atoms. The van der Waals surface area contributed by atoms with Crippen molar-refractivity contribution in [3.8, 4) is 5.75 Å². The minimum Gasteiger partial charge on any atom is -0.496 e. The molecule has 1 amide bonds. The number of hydrogen-bond acceptors (Lipinski definition) is 3. The van der Waals surface area contributed by atoms with E-state index in [9.17, 15) is 4.79 Å². The van der Waals surface area contributed by atoms with Crippen molar-refractivity contribution >= 4 is 50.6 Å². The number of nitrogens with one attached hydrogen (secondary N) is 1. The van der Waals surface area contributed by atoms with Gasteiger partial charge in [0, 0.05) is 20.2 Å². The predicted octanol–water partition coefficient (Wildman–Crippen LogP) is 6.22. The minimum atomic E-state index is -0.396. The smallest absolute Gasteiger partial charge is 0.262 e. The van der Waals surface area contributed by atoms with E-state index in [0.29, 0.717) is 5.56 Å². The minimum absolute atomic E-state index is 0.0328. The van der Waals surface area contributed by atoms with Crippen molar-refractivity contribution in [3.05, 3.63) is 99.6 Å². The Bertz CT molecular complexity index is 1270. The molecule has 4 aromatic carbocycles. The second-order valence-electron chi connectivity index (χ2n) is 7.15. The van der Waals surface area contributed by atoms with Crippen LogP contribution in [0.1, 0.15) is 22.1 Å². The van der Waals surface area contributed by atoms with E-state index in [1.54, 1.807) is 7.11 Å². The van der Waals surface area contributed by atoms with Crippen LogP contribution in [0.15, 0.2) is 84.9 Å². The van der Waals surface area contributed by atoms with Gasteiger partial charge in [-0.3, -0.25) is 9.69 Å².